The minimum Gasteiger partial charge on any atom is -0.483 e. The molecule has 0 radical (unpaired) electrons. The number of ether oxygens (including phenoxy) is 1. The Morgan fingerprint density at radius 2 is 1.92 bits per heavy atom. The maximum Gasteiger partial charge on any atom is 0.273 e. The number of aromatic nitrogens is 2. The number of carbonyl (C=O) groups excluding carboxylic acids is 1. The lowest BCUT2D eigenvalue weighted by Crippen LogP contribution is -2.22. The Balaban J connectivity index is 1.75. The number of amides is 1. The van der Waals surface area contributed by atoms with Gasteiger partial charge < -0.3 is 14.6 Å². The second-order valence-corrected chi connectivity index (χ2v) is 5.44. The number of nitrogens with one attached hydrogen (secondary N) is 1. The highest BCUT2D eigenvalue weighted by atomic mass is 16.5. The highest BCUT2D eigenvalue weighted by molar-refractivity contribution is 6.02. The van der Waals surface area contributed by atoms with Crippen LogP contribution in [-0.4, -0.2) is 15.5 Å². The Bertz CT molecular complexity index is 922. The van der Waals surface area contributed by atoms with Crippen molar-refractivity contribution in [3.05, 3.63) is 88.5 Å². The van der Waals surface area contributed by atoms with Gasteiger partial charge in [0.15, 0.2) is 5.75 Å². The number of benzene rings is 1. The zero-order valence-corrected chi connectivity index (χ0v) is 13.7. The van der Waals surface area contributed by atoms with Crippen LogP contribution < -0.4 is 15.5 Å². The van der Waals surface area contributed by atoms with Crippen molar-refractivity contribution in [1.29, 1.82) is 0 Å². The summed E-state index contributed by atoms with van der Waals surface area (Å²) in [5.74, 6) is 0.206. The molecule has 1 aromatic carbocycles. The van der Waals surface area contributed by atoms with Gasteiger partial charge in [-0.3, -0.25) is 9.59 Å². The van der Waals surface area contributed by atoms with E-state index < -0.39 is 5.91 Å². The molecule has 0 saturated heterocycles. The van der Waals surface area contributed by atoms with E-state index in [0.717, 1.165) is 5.56 Å². The van der Waals surface area contributed by atoms with Crippen molar-refractivity contribution in [1.82, 2.24) is 9.55 Å². The van der Waals surface area contributed by atoms with Crippen molar-refractivity contribution < 1.29 is 9.53 Å². The van der Waals surface area contributed by atoms with Crippen LogP contribution in [0.3, 0.4) is 0 Å². The molecule has 6 nitrogen and oxygen atoms in total. The molecule has 1 amide bonds. The molecule has 1 N–H and O–H groups in total. The Labute approximate surface area is 144 Å². The normalized spacial score (nSPS) is 10.3. The zero-order chi connectivity index (χ0) is 17.6. The van der Waals surface area contributed by atoms with Gasteiger partial charge in [0.05, 0.1) is 6.20 Å². The highest BCUT2D eigenvalue weighted by Gasteiger charge is 2.13. The second-order valence-electron chi connectivity index (χ2n) is 5.44. The van der Waals surface area contributed by atoms with E-state index >= 15 is 0 Å². The van der Waals surface area contributed by atoms with Crippen LogP contribution in [-0.2, 0) is 13.7 Å². The summed E-state index contributed by atoms with van der Waals surface area (Å²) < 4.78 is 7.13. The summed E-state index contributed by atoms with van der Waals surface area (Å²) in [5.41, 5.74) is 0.837. The molecule has 126 valence electrons. The molecule has 0 aliphatic rings. The average Bonchev–Trinajstić information content (AvgIpc) is 2.63. The van der Waals surface area contributed by atoms with Gasteiger partial charge in [0.25, 0.3) is 5.91 Å². The lowest BCUT2D eigenvalue weighted by Gasteiger charge is -2.11. The minimum absolute atomic E-state index is 0.195. The Morgan fingerprint density at radius 3 is 2.64 bits per heavy atom. The third kappa shape index (κ3) is 4.11. The number of carbonyl (C=O) groups is 1. The fourth-order valence-electron chi connectivity index (χ4n) is 2.29. The van der Waals surface area contributed by atoms with Gasteiger partial charge in [-0.2, -0.15) is 0 Å². The summed E-state index contributed by atoms with van der Waals surface area (Å²) in [5, 5.41) is 2.65. The molecule has 6 heteroatoms. The van der Waals surface area contributed by atoms with Gasteiger partial charge in [0.2, 0.25) is 5.43 Å². The molecule has 0 saturated carbocycles. The summed E-state index contributed by atoms with van der Waals surface area (Å²) in [6.07, 6.45) is 3.09. The van der Waals surface area contributed by atoms with Crippen LogP contribution in [0.4, 0.5) is 5.82 Å². The van der Waals surface area contributed by atoms with Crippen molar-refractivity contribution in [2.75, 3.05) is 5.32 Å². The molecule has 0 bridgehead atoms. The predicted octanol–water partition coefficient (Wildman–Crippen LogP) is 2.61. The highest BCUT2D eigenvalue weighted by Crippen LogP contribution is 2.10. The monoisotopic (exact) mass is 335 g/mol. The van der Waals surface area contributed by atoms with Crippen molar-refractivity contribution in [3.63, 3.8) is 0 Å². The topological polar surface area (TPSA) is 73.2 Å². The van der Waals surface area contributed by atoms with Crippen molar-refractivity contribution in [3.8, 4) is 5.75 Å². The number of nitrogens with zero attached hydrogens (tertiary/aromatic N) is 2. The Hall–Kier alpha value is -3.41. The molecule has 0 aliphatic carbocycles. The van der Waals surface area contributed by atoms with Gasteiger partial charge in [-0.25, -0.2) is 4.98 Å². The number of rotatable bonds is 5. The first kappa shape index (κ1) is 16.4. The van der Waals surface area contributed by atoms with Gasteiger partial charge in [-0.15, -0.1) is 0 Å². The quantitative estimate of drug-likeness (QED) is 0.778. The fraction of sp³-hybridized carbons (Fsp3) is 0.105. The van der Waals surface area contributed by atoms with E-state index in [1.807, 2.05) is 30.3 Å². The third-order valence-corrected chi connectivity index (χ3v) is 3.58. The predicted molar refractivity (Wildman–Crippen MR) is 94.6 cm³/mol. The zero-order valence-electron chi connectivity index (χ0n) is 13.7. The van der Waals surface area contributed by atoms with Crippen molar-refractivity contribution >= 4 is 11.7 Å². The maximum atomic E-state index is 12.3. The van der Waals surface area contributed by atoms with Crippen LogP contribution in [0.1, 0.15) is 16.1 Å². The van der Waals surface area contributed by atoms with Gasteiger partial charge >= 0.3 is 0 Å². The number of hydrogen-bond donors (Lipinski definition) is 1. The number of aryl methyl sites for hydroxylation is 1. The molecule has 0 unspecified atom stereocenters. The summed E-state index contributed by atoms with van der Waals surface area (Å²) in [6.45, 7) is 0.287. The van der Waals surface area contributed by atoms with Gasteiger partial charge in [-0.1, -0.05) is 36.4 Å². The summed E-state index contributed by atoms with van der Waals surface area (Å²) >= 11 is 0. The average molecular weight is 335 g/mol. The fourth-order valence-corrected chi connectivity index (χ4v) is 2.29. The van der Waals surface area contributed by atoms with Crippen molar-refractivity contribution in [2.24, 2.45) is 7.05 Å². The van der Waals surface area contributed by atoms with Crippen LogP contribution in [0.5, 0.6) is 5.75 Å². The van der Waals surface area contributed by atoms with Gasteiger partial charge in [0, 0.05) is 19.3 Å². The smallest absolute Gasteiger partial charge is 0.273 e. The first-order valence-electron chi connectivity index (χ1n) is 7.73. The Kier molecular flexibility index (Phi) is 4.89. The Morgan fingerprint density at radius 1 is 1.16 bits per heavy atom. The first-order valence-corrected chi connectivity index (χ1v) is 7.73. The first-order chi connectivity index (χ1) is 12.1. The number of pyridine rings is 2. The number of anilines is 1. The summed E-state index contributed by atoms with van der Waals surface area (Å²) in [7, 11) is 1.68. The minimum atomic E-state index is -0.409. The SMILES string of the molecule is Cn1cc(OCc2ccccc2)c(=O)cc1C(=O)Nc1ccccn1. The maximum absolute atomic E-state index is 12.3. The summed E-state index contributed by atoms with van der Waals surface area (Å²) in [6, 6.07) is 16.0. The molecule has 0 spiro atoms. The summed E-state index contributed by atoms with van der Waals surface area (Å²) in [4.78, 5) is 28.6. The van der Waals surface area contributed by atoms with Crippen molar-refractivity contribution in [2.45, 2.75) is 6.61 Å². The van der Waals surface area contributed by atoms with Gasteiger partial charge in [0.1, 0.15) is 18.1 Å². The van der Waals surface area contributed by atoms with E-state index in [1.165, 1.54) is 12.3 Å². The molecular formula is C19H17N3O3. The molecule has 0 atom stereocenters. The van der Waals surface area contributed by atoms with E-state index in [9.17, 15) is 9.59 Å². The van der Waals surface area contributed by atoms with E-state index in [0.29, 0.717) is 5.82 Å². The molecule has 25 heavy (non-hydrogen) atoms. The third-order valence-electron chi connectivity index (χ3n) is 3.58. The van der Waals surface area contributed by atoms with E-state index in [1.54, 1.807) is 36.0 Å². The molecule has 0 aliphatic heterocycles. The molecular weight excluding hydrogens is 318 g/mol. The second kappa shape index (κ2) is 7.44. The molecule has 2 aromatic heterocycles. The van der Waals surface area contributed by atoms with E-state index in [-0.39, 0.29) is 23.5 Å². The standard InChI is InChI=1S/C19H17N3O3/c1-22-12-17(25-13-14-7-3-2-4-8-14)16(23)11-15(22)19(24)21-18-9-5-6-10-20-18/h2-12H,13H2,1H3,(H,20,21,24). The van der Waals surface area contributed by atoms with Crippen LogP contribution in [0.15, 0.2) is 71.8 Å². The molecule has 2 heterocycles. The molecule has 3 aromatic rings. The lowest BCUT2D eigenvalue weighted by molar-refractivity contribution is 0.101. The molecule has 3 rings (SSSR count). The van der Waals surface area contributed by atoms with Crippen LogP contribution in [0.25, 0.3) is 0 Å². The van der Waals surface area contributed by atoms with Gasteiger partial charge in [-0.05, 0) is 17.7 Å². The number of hydrogen-bond acceptors (Lipinski definition) is 4. The lowest BCUT2D eigenvalue weighted by atomic mass is 10.2. The van der Waals surface area contributed by atoms with E-state index in [4.69, 9.17) is 4.74 Å². The van der Waals surface area contributed by atoms with E-state index in [2.05, 4.69) is 10.3 Å². The largest absolute Gasteiger partial charge is 0.483 e. The van der Waals surface area contributed by atoms with Crippen LogP contribution in [0, 0.1) is 0 Å². The molecule has 0 fully saturated rings. The van der Waals surface area contributed by atoms with Crippen LogP contribution >= 0.6 is 0 Å². The van der Waals surface area contributed by atoms with Crippen LogP contribution in [0.2, 0.25) is 0 Å².